The number of esters is 1. The Labute approximate surface area is 108 Å². The Balaban J connectivity index is 0.000000771. The Morgan fingerprint density at radius 2 is 2.11 bits per heavy atom. The summed E-state index contributed by atoms with van der Waals surface area (Å²) < 4.78 is 6.95. The lowest BCUT2D eigenvalue weighted by atomic mass is 10.2. The molecule has 0 bridgehead atoms. The highest BCUT2D eigenvalue weighted by molar-refractivity contribution is 5.69. The first-order valence-corrected chi connectivity index (χ1v) is 6.51. The highest BCUT2D eigenvalue weighted by Crippen LogP contribution is 2.11. The van der Waals surface area contributed by atoms with Gasteiger partial charge in [-0.25, -0.2) is 0 Å². The average molecular weight is 247 g/mol. The van der Waals surface area contributed by atoms with Gasteiger partial charge in [0.25, 0.3) is 0 Å². The minimum atomic E-state index is -0.127. The number of aryl methyl sites for hydroxylation is 1. The summed E-state index contributed by atoms with van der Waals surface area (Å²) in [6, 6.07) is 8.14. The lowest BCUT2D eigenvalue weighted by molar-refractivity contribution is -0.143. The molecule has 0 unspecified atom stereocenters. The van der Waals surface area contributed by atoms with Crippen LogP contribution in [0.5, 0.6) is 0 Å². The molecule has 0 saturated heterocycles. The van der Waals surface area contributed by atoms with Gasteiger partial charge in [-0.1, -0.05) is 19.9 Å². The Kier molecular flexibility index (Phi) is 5.98. The van der Waals surface area contributed by atoms with Crippen molar-refractivity contribution in [2.45, 2.75) is 33.6 Å². The van der Waals surface area contributed by atoms with E-state index in [0.717, 1.165) is 11.9 Å². The second kappa shape index (κ2) is 7.54. The number of hydrogen-bond donors (Lipinski definition) is 0. The number of aromatic nitrogens is 1. The first-order valence-electron chi connectivity index (χ1n) is 6.51. The topological polar surface area (TPSA) is 30.7 Å². The molecule has 3 heteroatoms. The minimum Gasteiger partial charge on any atom is -0.466 e. The van der Waals surface area contributed by atoms with Crippen molar-refractivity contribution in [3.05, 3.63) is 42.2 Å². The van der Waals surface area contributed by atoms with E-state index in [1.165, 1.54) is 5.56 Å². The van der Waals surface area contributed by atoms with E-state index in [2.05, 4.69) is 16.7 Å². The smallest absolute Gasteiger partial charge is 0.306 e. The van der Waals surface area contributed by atoms with Crippen LogP contribution in [0.1, 0.15) is 32.8 Å². The van der Waals surface area contributed by atoms with Crippen LogP contribution in [0.2, 0.25) is 0 Å². The third-order valence-corrected chi connectivity index (χ3v) is 2.48. The van der Waals surface area contributed by atoms with Crippen molar-refractivity contribution in [1.82, 2.24) is 4.40 Å². The third-order valence-electron chi connectivity index (χ3n) is 2.48. The molecule has 0 aliphatic carbocycles. The Bertz CT molecular complexity index is 455. The largest absolute Gasteiger partial charge is 0.466 e. The molecule has 0 spiro atoms. The van der Waals surface area contributed by atoms with E-state index >= 15 is 0 Å². The molecule has 2 rings (SSSR count). The van der Waals surface area contributed by atoms with Gasteiger partial charge in [0, 0.05) is 24.3 Å². The van der Waals surface area contributed by atoms with Crippen molar-refractivity contribution in [3.8, 4) is 0 Å². The van der Waals surface area contributed by atoms with Crippen LogP contribution in [-0.2, 0) is 16.0 Å². The van der Waals surface area contributed by atoms with Gasteiger partial charge in [-0.2, -0.15) is 0 Å². The van der Waals surface area contributed by atoms with Gasteiger partial charge < -0.3 is 9.14 Å². The van der Waals surface area contributed by atoms with Gasteiger partial charge in [-0.3, -0.25) is 4.79 Å². The second-order valence-electron chi connectivity index (χ2n) is 3.69. The highest BCUT2D eigenvalue weighted by atomic mass is 16.5. The van der Waals surface area contributed by atoms with Crippen molar-refractivity contribution in [1.29, 1.82) is 0 Å². The number of ether oxygens (including phenoxy) is 1. The van der Waals surface area contributed by atoms with E-state index in [0.29, 0.717) is 13.0 Å². The average Bonchev–Trinajstić information content (AvgIpc) is 2.82. The Morgan fingerprint density at radius 3 is 2.78 bits per heavy atom. The maximum atomic E-state index is 11.2. The first kappa shape index (κ1) is 14.3. The van der Waals surface area contributed by atoms with Crippen molar-refractivity contribution in [3.63, 3.8) is 0 Å². The predicted octanol–water partition coefficient (Wildman–Crippen LogP) is 3.46. The summed E-state index contributed by atoms with van der Waals surface area (Å²) >= 11 is 0. The molecule has 0 aromatic carbocycles. The summed E-state index contributed by atoms with van der Waals surface area (Å²) in [5.41, 5.74) is 2.32. The summed E-state index contributed by atoms with van der Waals surface area (Å²) in [7, 11) is 0. The fourth-order valence-electron chi connectivity index (χ4n) is 1.73. The number of carbonyl (C=O) groups excluding carboxylic acids is 1. The Morgan fingerprint density at radius 1 is 1.33 bits per heavy atom. The Hall–Kier alpha value is -1.77. The molecule has 0 aliphatic heterocycles. The van der Waals surface area contributed by atoms with Crippen LogP contribution in [0.4, 0.5) is 0 Å². The number of nitrogens with zero attached hydrogens (tertiary/aromatic N) is 1. The molecule has 0 amide bonds. The monoisotopic (exact) mass is 247 g/mol. The molecule has 2 heterocycles. The zero-order chi connectivity index (χ0) is 13.4. The van der Waals surface area contributed by atoms with E-state index in [4.69, 9.17) is 4.74 Å². The molecule has 3 nitrogen and oxygen atoms in total. The maximum absolute atomic E-state index is 11.2. The minimum absolute atomic E-state index is 0.127. The van der Waals surface area contributed by atoms with Gasteiger partial charge in [0.15, 0.2) is 0 Å². The lowest BCUT2D eigenvalue weighted by Crippen LogP contribution is -2.04. The number of pyridine rings is 1. The van der Waals surface area contributed by atoms with E-state index in [1.807, 2.05) is 45.2 Å². The maximum Gasteiger partial charge on any atom is 0.306 e. The van der Waals surface area contributed by atoms with Crippen LogP contribution in [0.15, 0.2) is 36.7 Å². The van der Waals surface area contributed by atoms with Crippen LogP contribution in [0.3, 0.4) is 0 Å². The molecule has 0 fully saturated rings. The molecule has 18 heavy (non-hydrogen) atoms. The van der Waals surface area contributed by atoms with Crippen molar-refractivity contribution in [2.75, 3.05) is 6.61 Å². The SMILES string of the molecule is CC.CCOC(=O)CCc1cc2ccccn2c1. The molecule has 2 aromatic rings. The van der Waals surface area contributed by atoms with Gasteiger partial charge in [0.1, 0.15) is 0 Å². The predicted molar refractivity (Wildman–Crippen MR) is 73.7 cm³/mol. The zero-order valence-electron chi connectivity index (χ0n) is 11.3. The number of rotatable bonds is 4. The quantitative estimate of drug-likeness (QED) is 0.775. The van der Waals surface area contributed by atoms with Gasteiger partial charge in [0.2, 0.25) is 0 Å². The molecule has 0 radical (unpaired) electrons. The fourth-order valence-corrected chi connectivity index (χ4v) is 1.73. The van der Waals surface area contributed by atoms with Crippen LogP contribution >= 0.6 is 0 Å². The normalized spacial score (nSPS) is 9.72. The van der Waals surface area contributed by atoms with Gasteiger partial charge >= 0.3 is 5.97 Å². The molecular formula is C15H21NO2. The molecule has 0 saturated carbocycles. The molecular weight excluding hydrogens is 226 g/mol. The number of fused-ring (bicyclic) bond motifs is 1. The highest BCUT2D eigenvalue weighted by Gasteiger charge is 2.04. The summed E-state index contributed by atoms with van der Waals surface area (Å²) in [6.07, 6.45) is 5.24. The van der Waals surface area contributed by atoms with E-state index < -0.39 is 0 Å². The third kappa shape index (κ3) is 3.91. The fraction of sp³-hybridized carbons (Fsp3) is 0.400. The zero-order valence-corrected chi connectivity index (χ0v) is 11.3. The molecule has 0 aliphatic rings. The van der Waals surface area contributed by atoms with Crippen molar-refractivity contribution < 1.29 is 9.53 Å². The van der Waals surface area contributed by atoms with Crippen LogP contribution in [0, 0.1) is 0 Å². The standard InChI is InChI=1S/C13H15NO2.C2H6/c1-2-16-13(15)7-6-11-9-12-5-3-4-8-14(12)10-11;1-2/h3-5,8-10H,2,6-7H2,1H3;1-2H3. The van der Waals surface area contributed by atoms with E-state index in [9.17, 15) is 4.79 Å². The number of carbonyl (C=O) groups is 1. The number of hydrogen-bond acceptors (Lipinski definition) is 2. The second-order valence-corrected chi connectivity index (χ2v) is 3.69. The van der Waals surface area contributed by atoms with Crippen LogP contribution in [0.25, 0.3) is 5.52 Å². The molecule has 2 aromatic heterocycles. The van der Waals surface area contributed by atoms with E-state index in [-0.39, 0.29) is 5.97 Å². The molecule has 98 valence electrons. The summed E-state index contributed by atoms with van der Waals surface area (Å²) in [5.74, 6) is -0.127. The van der Waals surface area contributed by atoms with Crippen LogP contribution < -0.4 is 0 Å². The van der Waals surface area contributed by atoms with Crippen molar-refractivity contribution >= 4 is 11.5 Å². The van der Waals surface area contributed by atoms with Gasteiger partial charge in [-0.15, -0.1) is 0 Å². The molecule has 0 atom stereocenters. The van der Waals surface area contributed by atoms with Gasteiger partial charge in [0.05, 0.1) is 6.61 Å². The van der Waals surface area contributed by atoms with Crippen LogP contribution in [-0.4, -0.2) is 17.0 Å². The molecule has 0 N–H and O–H groups in total. The van der Waals surface area contributed by atoms with Crippen molar-refractivity contribution in [2.24, 2.45) is 0 Å². The summed E-state index contributed by atoms with van der Waals surface area (Å²) in [4.78, 5) is 11.2. The van der Waals surface area contributed by atoms with E-state index in [1.54, 1.807) is 0 Å². The summed E-state index contributed by atoms with van der Waals surface area (Å²) in [5, 5.41) is 0. The lowest BCUT2D eigenvalue weighted by Gasteiger charge is -1.99. The summed E-state index contributed by atoms with van der Waals surface area (Å²) in [6.45, 7) is 6.28. The van der Waals surface area contributed by atoms with Gasteiger partial charge in [-0.05, 0) is 37.1 Å². The first-order chi connectivity index (χ1) is 8.79.